The lowest BCUT2D eigenvalue weighted by molar-refractivity contribution is 1.19. The van der Waals surface area contributed by atoms with E-state index >= 15 is 0 Å². The molecule has 0 N–H and O–H groups in total. The third-order valence-corrected chi connectivity index (χ3v) is 14.2. The van der Waals surface area contributed by atoms with Gasteiger partial charge in [-0.1, -0.05) is 152 Å². The van der Waals surface area contributed by atoms with E-state index in [9.17, 15) is 5.26 Å². The minimum absolute atomic E-state index is 0.446. The van der Waals surface area contributed by atoms with Gasteiger partial charge in [-0.05, 0) is 56.1 Å². The van der Waals surface area contributed by atoms with Gasteiger partial charge < -0.3 is 4.57 Å². The normalized spacial score (nSPS) is 11.3. The Hall–Kier alpha value is -6.46. The van der Waals surface area contributed by atoms with E-state index in [0.29, 0.717) is 11.3 Å². The van der Waals surface area contributed by atoms with E-state index in [1.54, 1.807) is 6.07 Å². The van der Waals surface area contributed by atoms with Crippen molar-refractivity contribution < 1.29 is 0 Å². The van der Waals surface area contributed by atoms with E-state index in [1.807, 2.05) is 18.2 Å². The summed E-state index contributed by atoms with van der Waals surface area (Å²) in [5, 5.41) is 17.5. The van der Waals surface area contributed by atoms with Crippen LogP contribution < -0.4 is 20.7 Å². The Bertz CT molecular complexity index is 2350. The van der Waals surface area contributed by atoms with Crippen molar-refractivity contribution in [2.45, 2.75) is 0 Å². The average Bonchev–Trinajstić information content (AvgIpc) is 3.50. The SMILES string of the molecule is [C-]#[N+]c1cc(C#N)cc(-c2ccc([Si](c3ccccc3)(c3ccccc3)c3ccccc3)cc2)c1-n1c2ccccc2c2ccccc21. The molecule has 8 aromatic rings. The van der Waals surface area contributed by atoms with E-state index in [-0.39, 0.29) is 0 Å². The third kappa shape index (κ3) is 4.55. The Balaban J connectivity index is 1.40. The first-order chi connectivity index (χ1) is 23.7. The smallest absolute Gasteiger partial charge is 0.212 e. The van der Waals surface area contributed by atoms with Crippen molar-refractivity contribution in [1.82, 2.24) is 4.57 Å². The lowest BCUT2D eigenvalue weighted by atomic mass is 9.99. The molecule has 0 bridgehead atoms. The van der Waals surface area contributed by atoms with Crippen molar-refractivity contribution in [3.8, 4) is 22.9 Å². The fourth-order valence-electron chi connectivity index (χ4n) is 7.35. The number of hydrogen-bond acceptors (Lipinski definition) is 1. The summed E-state index contributed by atoms with van der Waals surface area (Å²) in [4.78, 5) is 4.00. The molecule has 0 saturated heterocycles. The molecule has 0 aliphatic carbocycles. The number of benzene rings is 7. The quantitative estimate of drug-likeness (QED) is 0.104. The van der Waals surface area contributed by atoms with Crippen molar-refractivity contribution in [3.05, 3.63) is 193 Å². The highest BCUT2D eigenvalue weighted by Gasteiger charge is 2.41. The molecule has 0 unspecified atom stereocenters. The lowest BCUT2D eigenvalue weighted by Gasteiger charge is -2.34. The molecule has 0 spiro atoms. The van der Waals surface area contributed by atoms with Gasteiger partial charge in [0.15, 0.2) is 8.07 Å². The second-order valence-electron chi connectivity index (χ2n) is 11.9. The van der Waals surface area contributed by atoms with Gasteiger partial charge in [0.2, 0.25) is 5.69 Å². The van der Waals surface area contributed by atoms with Crippen molar-refractivity contribution in [2.24, 2.45) is 0 Å². The van der Waals surface area contributed by atoms with Gasteiger partial charge in [-0.25, -0.2) is 4.85 Å². The summed E-state index contributed by atoms with van der Waals surface area (Å²) < 4.78 is 2.19. The van der Waals surface area contributed by atoms with Gasteiger partial charge in [0.05, 0.1) is 29.4 Å². The number of nitrogens with zero attached hydrogens (tertiary/aromatic N) is 3. The molecule has 8 rings (SSSR count). The maximum absolute atomic E-state index is 10.1. The van der Waals surface area contributed by atoms with Crippen molar-refractivity contribution in [3.63, 3.8) is 0 Å². The van der Waals surface area contributed by atoms with Crippen LogP contribution in [0.15, 0.2) is 176 Å². The molecule has 0 amide bonds. The van der Waals surface area contributed by atoms with Crippen LogP contribution in [0, 0.1) is 17.9 Å². The van der Waals surface area contributed by atoms with Gasteiger partial charge in [-0.2, -0.15) is 5.26 Å². The van der Waals surface area contributed by atoms with E-state index in [0.717, 1.165) is 38.6 Å². The zero-order valence-electron chi connectivity index (χ0n) is 26.1. The number of para-hydroxylation sites is 2. The predicted octanol–water partition coefficient (Wildman–Crippen LogP) is 8.25. The molecule has 1 aromatic heterocycles. The summed E-state index contributed by atoms with van der Waals surface area (Å²) in [6.07, 6.45) is 0. The lowest BCUT2D eigenvalue weighted by Crippen LogP contribution is -2.74. The van der Waals surface area contributed by atoms with Gasteiger partial charge in [-0.15, -0.1) is 0 Å². The highest BCUT2D eigenvalue weighted by atomic mass is 28.3. The number of nitriles is 1. The third-order valence-electron chi connectivity index (χ3n) is 9.39. The maximum atomic E-state index is 10.1. The Morgan fingerprint density at radius 3 is 1.42 bits per heavy atom. The molecule has 3 nitrogen and oxygen atoms in total. The van der Waals surface area contributed by atoms with Crippen LogP contribution in [0.3, 0.4) is 0 Å². The predicted molar refractivity (Wildman–Crippen MR) is 201 cm³/mol. The Kier molecular flexibility index (Phi) is 7.27. The molecule has 7 aromatic carbocycles. The summed E-state index contributed by atoms with van der Waals surface area (Å²) >= 11 is 0. The van der Waals surface area contributed by atoms with E-state index < -0.39 is 8.07 Å². The van der Waals surface area contributed by atoms with E-state index in [1.165, 1.54) is 20.7 Å². The highest BCUT2D eigenvalue weighted by molar-refractivity contribution is 7.19. The number of rotatable bonds is 6. The van der Waals surface area contributed by atoms with Crippen LogP contribution >= 0.6 is 0 Å². The summed E-state index contributed by atoms with van der Waals surface area (Å²) in [5.74, 6) is 0. The van der Waals surface area contributed by atoms with Gasteiger partial charge in [0, 0.05) is 16.3 Å². The first-order valence-corrected chi connectivity index (χ1v) is 18.0. The number of hydrogen-bond donors (Lipinski definition) is 0. The summed E-state index contributed by atoms with van der Waals surface area (Å²) in [6, 6.07) is 64.1. The minimum Gasteiger partial charge on any atom is -0.318 e. The maximum Gasteiger partial charge on any atom is 0.212 e. The van der Waals surface area contributed by atoms with Crippen LogP contribution in [-0.2, 0) is 0 Å². The topological polar surface area (TPSA) is 33.1 Å². The van der Waals surface area contributed by atoms with E-state index in [2.05, 4.69) is 167 Å². The standard InChI is InChI=1S/C44H29N3Si/c1-46-41-30-32(31-45)29-40(44(41)47-42-23-13-11-21-38(42)39-22-12-14-24-43(39)47)33-25-27-37(28-26-33)48(34-15-5-2-6-16-34,35-17-7-3-8-18-35)36-19-9-4-10-20-36/h2-30H. The molecule has 0 aliphatic rings. The Morgan fingerprint density at radius 1 is 0.521 bits per heavy atom. The Labute approximate surface area is 281 Å². The second-order valence-corrected chi connectivity index (χ2v) is 15.7. The first-order valence-electron chi connectivity index (χ1n) is 16.0. The molecule has 0 saturated carbocycles. The largest absolute Gasteiger partial charge is 0.318 e. The molecule has 0 radical (unpaired) electrons. The van der Waals surface area contributed by atoms with Crippen molar-refractivity contribution >= 4 is 56.3 Å². The van der Waals surface area contributed by atoms with Crippen LogP contribution in [0.5, 0.6) is 0 Å². The number of aromatic nitrogens is 1. The molecule has 0 fully saturated rings. The second kappa shape index (κ2) is 12.0. The summed E-state index contributed by atoms with van der Waals surface area (Å²) in [6.45, 7) is 8.24. The van der Waals surface area contributed by atoms with E-state index in [4.69, 9.17) is 6.57 Å². The monoisotopic (exact) mass is 627 g/mol. The molecule has 48 heavy (non-hydrogen) atoms. The van der Waals surface area contributed by atoms with Crippen LogP contribution in [0.4, 0.5) is 5.69 Å². The fourth-order valence-corrected chi connectivity index (χ4v) is 12.1. The molecule has 4 heteroatoms. The Morgan fingerprint density at radius 2 is 0.958 bits per heavy atom. The minimum atomic E-state index is -2.70. The van der Waals surface area contributed by atoms with Crippen LogP contribution in [0.25, 0.3) is 43.5 Å². The molecule has 0 atom stereocenters. The zero-order valence-corrected chi connectivity index (χ0v) is 27.1. The molecule has 0 aliphatic heterocycles. The summed E-state index contributed by atoms with van der Waals surface area (Å²) in [5.41, 5.74) is 5.54. The van der Waals surface area contributed by atoms with Crippen LogP contribution in [0.2, 0.25) is 0 Å². The number of fused-ring (bicyclic) bond motifs is 3. The fraction of sp³-hybridized carbons (Fsp3) is 0. The van der Waals surface area contributed by atoms with Gasteiger partial charge in [0.1, 0.15) is 0 Å². The van der Waals surface area contributed by atoms with Crippen molar-refractivity contribution in [2.75, 3.05) is 0 Å². The van der Waals surface area contributed by atoms with Crippen molar-refractivity contribution in [1.29, 1.82) is 5.26 Å². The average molecular weight is 628 g/mol. The highest BCUT2D eigenvalue weighted by Crippen LogP contribution is 2.41. The van der Waals surface area contributed by atoms with Crippen LogP contribution in [0.1, 0.15) is 5.56 Å². The van der Waals surface area contributed by atoms with Gasteiger partial charge in [0.25, 0.3) is 0 Å². The first kappa shape index (κ1) is 29.0. The molecular formula is C44H29N3Si. The molecule has 224 valence electrons. The summed E-state index contributed by atoms with van der Waals surface area (Å²) in [7, 11) is -2.70. The zero-order chi connectivity index (χ0) is 32.5. The van der Waals surface area contributed by atoms with Gasteiger partial charge in [-0.3, -0.25) is 0 Å². The van der Waals surface area contributed by atoms with Crippen LogP contribution in [-0.4, -0.2) is 12.6 Å². The molecule has 1 heterocycles. The van der Waals surface area contributed by atoms with Gasteiger partial charge >= 0.3 is 0 Å². The molecular weight excluding hydrogens is 599 g/mol.